The van der Waals surface area contributed by atoms with Crippen molar-refractivity contribution in [2.45, 2.75) is 31.8 Å². The highest BCUT2D eigenvalue weighted by Gasteiger charge is 2.26. The molecular weight excluding hydrogens is 350 g/mol. The zero-order valence-corrected chi connectivity index (χ0v) is 13.7. The number of carbonyl (C=O) groups is 2. The van der Waals surface area contributed by atoms with Gasteiger partial charge in [0, 0.05) is 6.07 Å². The number of alkyl halides is 2. The second kappa shape index (κ2) is 7.96. The summed E-state index contributed by atoms with van der Waals surface area (Å²) in [6.45, 7) is 1.70. The average molecular weight is 368 g/mol. The standard InChI is InChI=1S/C17H18F2N2O5/c1-2-8-5-10(22)7-13(23)14(8)16(25)20-21-17(26)15(24)9-3-4-11(18)12(19)6-9/h3-7,11-12,15,22-24H,2H2,1H3,(H,20,25)(H,21,26). The summed E-state index contributed by atoms with van der Waals surface area (Å²) in [6, 6.07) is 2.26. The quantitative estimate of drug-likeness (QED) is 0.507. The van der Waals surface area contributed by atoms with Crippen molar-refractivity contribution in [2.75, 3.05) is 0 Å². The van der Waals surface area contributed by atoms with Crippen LogP contribution in [0.2, 0.25) is 0 Å². The third-order valence-corrected chi connectivity index (χ3v) is 3.78. The minimum Gasteiger partial charge on any atom is -0.508 e. The molecule has 1 aliphatic carbocycles. The van der Waals surface area contributed by atoms with E-state index in [9.17, 15) is 33.7 Å². The number of allylic oxidation sites excluding steroid dienone is 2. The van der Waals surface area contributed by atoms with E-state index in [-0.39, 0.29) is 16.9 Å². The van der Waals surface area contributed by atoms with Gasteiger partial charge in [0.2, 0.25) is 0 Å². The molecule has 0 radical (unpaired) electrons. The van der Waals surface area contributed by atoms with Gasteiger partial charge in [-0.25, -0.2) is 8.78 Å². The first-order valence-electron chi connectivity index (χ1n) is 7.75. The van der Waals surface area contributed by atoms with E-state index in [1.165, 1.54) is 6.07 Å². The summed E-state index contributed by atoms with van der Waals surface area (Å²) in [5.74, 6) is -2.66. The van der Waals surface area contributed by atoms with E-state index in [2.05, 4.69) is 0 Å². The molecular formula is C17H18F2N2O5. The number of nitrogens with one attached hydrogen (secondary N) is 2. The number of carbonyl (C=O) groups excluding carboxylic acids is 2. The molecule has 2 amide bonds. The van der Waals surface area contributed by atoms with E-state index in [0.717, 1.165) is 24.3 Å². The molecule has 0 fully saturated rings. The molecule has 0 saturated heterocycles. The monoisotopic (exact) mass is 368 g/mol. The Morgan fingerprint density at radius 1 is 1.19 bits per heavy atom. The maximum atomic E-state index is 13.3. The van der Waals surface area contributed by atoms with Crippen LogP contribution in [0, 0.1) is 0 Å². The largest absolute Gasteiger partial charge is 0.508 e. The maximum absolute atomic E-state index is 13.3. The van der Waals surface area contributed by atoms with Crippen LogP contribution in [0.3, 0.4) is 0 Å². The van der Waals surface area contributed by atoms with Crippen molar-refractivity contribution >= 4 is 11.8 Å². The van der Waals surface area contributed by atoms with E-state index in [1.807, 2.05) is 10.9 Å². The summed E-state index contributed by atoms with van der Waals surface area (Å²) in [6.07, 6.45) is -2.60. The van der Waals surface area contributed by atoms with Gasteiger partial charge in [0.05, 0.1) is 5.56 Å². The summed E-state index contributed by atoms with van der Waals surface area (Å²) < 4.78 is 26.3. The van der Waals surface area contributed by atoms with E-state index in [1.54, 1.807) is 6.92 Å². The Balaban J connectivity index is 2.05. The number of rotatable bonds is 4. The number of benzene rings is 1. The number of aromatic hydroxyl groups is 2. The number of phenolic OH excluding ortho intramolecular Hbond substituents is 2. The van der Waals surface area contributed by atoms with Crippen LogP contribution in [0.1, 0.15) is 22.8 Å². The topological polar surface area (TPSA) is 119 Å². The lowest BCUT2D eigenvalue weighted by Crippen LogP contribution is -2.47. The van der Waals surface area contributed by atoms with Gasteiger partial charge in [-0.3, -0.25) is 20.4 Å². The van der Waals surface area contributed by atoms with Crippen molar-refractivity contribution in [1.29, 1.82) is 0 Å². The van der Waals surface area contributed by atoms with Crippen LogP contribution in [0.5, 0.6) is 11.5 Å². The minimum atomic E-state index is -1.98. The van der Waals surface area contributed by atoms with Crippen LogP contribution < -0.4 is 10.9 Å². The molecule has 140 valence electrons. The van der Waals surface area contributed by atoms with Gasteiger partial charge >= 0.3 is 0 Å². The maximum Gasteiger partial charge on any atom is 0.273 e. The molecule has 0 bridgehead atoms. The number of aliphatic hydroxyl groups is 1. The normalized spacial score (nSPS) is 20.2. The number of halogens is 2. The third-order valence-electron chi connectivity index (χ3n) is 3.78. The van der Waals surface area contributed by atoms with E-state index in [0.29, 0.717) is 12.0 Å². The SMILES string of the molecule is CCc1cc(O)cc(O)c1C(=O)NNC(=O)C(O)C1=CC(F)C(F)C=C1. The van der Waals surface area contributed by atoms with Gasteiger partial charge in [0.1, 0.15) is 11.5 Å². The molecule has 0 aromatic heterocycles. The summed E-state index contributed by atoms with van der Waals surface area (Å²) in [7, 11) is 0. The van der Waals surface area contributed by atoms with E-state index in [4.69, 9.17) is 0 Å². The van der Waals surface area contributed by atoms with Crippen molar-refractivity contribution in [3.63, 3.8) is 0 Å². The fraction of sp³-hybridized carbons (Fsp3) is 0.294. The van der Waals surface area contributed by atoms with Gasteiger partial charge in [-0.2, -0.15) is 0 Å². The van der Waals surface area contributed by atoms with Crippen LogP contribution in [0.25, 0.3) is 0 Å². The number of hydrogen-bond donors (Lipinski definition) is 5. The molecule has 1 aliphatic rings. The predicted octanol–water partition coefficient (Wildman–Crippen LogP) is 0.955. The van der Waals surface area contributed by atoms with Gasteiger partial charge in [-0.05, 0) is 35.8 Å². The molecule has 1 aromatic rings. The molecule has 1 aromatic carbocycles. The smallest absolute Gasteiger partial charge is 0.273 e. The molecule has 3 atom stereocenters. The fourth-order valence-corrected chi connectivity index (χ4v) is 2.43. The first-order chi connectivity index (χ1) is 12.2. The first-order valence-corrected chi connectivity index (χ1v) is 7.75. The van der Waals surface area contributed by atoms with E-state index < -0.39 is 36.0 Å². The van der Waals surface area contributed by atoms with E-state index >= 15 is 0 Å². The molecule has 3 unspecified atom stereocenters. The van der Waals surface area contributed by atoms with Gasteiger partial charge in [0.15, 0.2) is 18.4 Å². The van der Waals surface area contributed by atoms with Crippen molar-refractivity contribution in [3.05, 3.63) is 47.1 Å². The minimum absolute atomic E-state index is 0.152. The first kappa shape index (κ1) is 19.4. The van der Waals surface area contributed by atoms with Crippen molar-refractivity contribution < 1.29 is 33.7 Å². The number of aliphatic hydroxyl groups excluding tert-OH is 1. The van der Waals surface area contributed by atoms with Crippen LogP contribution in [-0.4, -0.2) is 45.6 Å². The Morgan fingerprint density at radius 3 is 2.50 bits per heavy atom. The second-order valence-corrected chi connectivity index (χ2v) is 5.61. The molecule has 0 spiro atoms. The molecule has 26 heavy (non-hydrogen) atoms. The zero-order valence-electron chi connectivity index (χ0n) is 13.7. The third kappa shape index (κ3) is 4.17. The summed E-state index contributed by atoms with van der Waals surface area (Å²) in [4.78, 5) is 24.1. The average Bonchev–Trinajstić information content (AvgIpc) is 2.60. The number of phenols is 2. The number of hydrazine groups is 1. The zero-order chi connectivity index (χ0) is 19.4. The Labute approximate surface area is 147 Å². The number of amides is 2. The van der Waals surface area contributed by atoms with Crippen LogP contribution in [-0.2, 0) is 11.2 Å². The highest BCUT2D eigenvalue weighted by molar-refractivity contribution is 5.99. The van der Waals surface area contributed by atoms with Crippen molar-refractivity contribution in [3.8, 4) is 11.5 Å². The Morgan fingerprint density at radius 2 is 1.88 bits per heavy atom. The lowest BCUT2D eigenvalue weighted by atomic mass is 9.99. The van der Waals surface area contributed by atoms with Crippen LogP contribution in [0.15, 0.2) is 35.9 Å². The van der Waals surface area contributed by atoms with Crippen LogP contribution >= 0.6 is 0 Å². The fourth-order valence-electron chi connectivity index (χ4n) is 2.43. The summed E-state index contributed by atoms with van der Waals surface area (Å²) in [5, 5.41) is 29.1. The van der Waals surface area contributed by atoms with Gasteiger partial charge in [-0.1, -0.05) is 13.0 Å². The lowest BCUT2D eigenvalue weighted by molar-refractivity contribution is -0.128. The lowest BCUT2D eigenvalue weighted by Gasteiger charge is -2.18. The number of hydrogen-bond acceptors (Lipinski definition) is 5. The Kier molecular flexibility index (Phi) is 5.93. The molecule has 0 saturated carbocycles. The van der Waals surface area contributed by atoms with Gasteiger partial charge in [0.25, 0.3) is 11.8 Å². The molecule has 7 nitrogen and oxygen atoms in total. The molecule has 0 aliphatic heterocycles. The number of aryl methyl sites for hydroxylation is 1. The molecule has 5 N–H and O–H groups in total. The molecule has 0 heterocycles. The highest BCUT2D eigenvalue weighted by Crippen LogP contribution is 2.27. The van der Waals surface area contributed by atoms with Crippen LogP contribution in [0.4, 0.5) is 8.78 Å². The second-order valence-electron chi connectivity index (χ2n) is 5.61. The molecule has 9 heteroatoms. The predicted molar refractivity (Wildman–Crippen MR) is 87.8 cm³/mol. The summed E-state index contributed by atoms with van der Waals surface area (Å²) >= 11 is 0. The van der Waals surface area contributed by atoms with Crippen molar-refractivity contribution in [2.24, 2.45) is 0 Å². The highest BCUT2D eigenvalue weighted by atomic mass is 19.2. The van der Waals surface area contributed by atoms with Gasteiger partial charge < -0.3 is 15.3 Å². The van der Waals surface area contributed by atoms with Gasteiger partial charge in [-0.15, -0.1) is 0 Å². The summed E-state index contributed by atoms with van der Waals surface area (Å²) in [5.41, 5.74) is 3.99. The molecule has 2 rings (SSSR count). The Hall–Kier alpha value is -2.94. The van der Waals surface area contributed by atoms with Crippen molar-refractivity contribution in [1.82, 2.24) is 10.9 Å². The Bertz CT molecular complexity index is 779.